The predicted molar refractivity (Wildman–Crippen MR) is 123 cm³/mol. The van der Waals surface area contributed by atoms with Crippen LogP contribution in [0.2, 0.25) is 13.1 Å². The molecule has 28 heavy (non-hydrogen) atoms. The SMILES string of the molecule is C[N](C)[Hf]([C]1=Cc2ccccc2C1)([CH]1C=Cc2ccccc21)([N](C)C)[SiH](C)C. The molecule has 2 aromatic carbocycles. The summed E-state index contributed by atoms with van der Waals surface area (Å²) in [5.41, 5.74) is 5.92. The zero-order valence-electron chi connectivity index (χ0n) is 18.1. The molecule has 0 amide bonds. The van der Waals surface area contributed by atoms with E-state index in [9.17, 15) is 0 Å². The van der Waals surface area contributed by atoms with Gasteiger partial charge in [-0.25, -0.2) is 0 Å². The summed E-state index contributed by atoms with van der Waals surface area (Å²) in [6, 6.07) is 18.1. The molecule has 2 nitrogen and oxygen atoms in total. The third-order valence-electron chi connectivity index (χ3n) is 7.85. The molecular weight excluding hydrogens is 523 g/mol. The van der Waals surface area contributed by atoms with Crippen LogP contribution in [-0.2, 0) is 24.7 Å². The van der Waals surface area contributed by atoms with Crippen molar-refractivity contribution in [3.63, 3.8) is 0 Å². The first-order chi connectivity index (χ1) is 13.3. The molecule has 0 saturated carbocycles. The molecule has 0 N–H and O–H groups in total. The summed E-state index contributed by atoms with van der Waals surface area (Å²) in [5, 5.41) is 0. The number of fused-ring (bicyclic) bond motifs is 2. The predicted octanol–water partition coefficient (Wildman–Crippen LogP) is 4.98. The minimum absolute atomic E-state index is 0.533. The number of benzene rings is 2. The van der Waals surface area contributed by atoms with Gasteiger partial charge in [0.1, 0.15) is 0 Å². The Hall–Kier alpha value is -1.07. The van der Waals surface area contributed by atoms with Crippen molar-refractivity contribution >= 4 is 18.1 Å². The summed E-state index contributed by atoms with van der Waals surface area (Å²) in [4.78, 5) is 0. The third-order valence-corrected chi connectivity index (χ3v) is 74.7. The van der Waals surface area contributed by atoms with Crippen LogP contribution in [0.25, 0.3) is 12.2 Å². The zero-order valence-corrected chi connectivity index (χ0v) is 22.9. The molecule has 0 fully saturated rings. The Morgan fingerprint density at radius 1 is 0.857 bits per heavy atom. The van der Waals surface area contributed by atoms with E-state index in [0.29, 0.717) is 3.67 Å². The van der Waals surface area contributed by atoms with E-state index >= 15 is 0 Å². The van der Waals surface area contributed by atoms with Crippen molar-refractivity contribution in [3.05, 3.63) is 80.2 Å². The van der Waals surface area contributed by atoms with Gasteiger partial charge in [-0.2, -0.15) is 0 Å². The first-order valence-electron chi connectivity index (χ1n) is 10.4. The van der Waals surface area contributed by atoms with Gasteiger partial charge in [0, 0.05) is 0 Å². The van der Waals surface area contributed by atoms with E-state index in [1.165, 1.54) is 16.7 Å². The van der Waals surface area contributed by atoms with Gasteiger partial charge in [0.05, 0.1) is 0 Å². The third kappa shape index (κ3) is 2.35. The van der Waals surface area contributed by atoms with Crippen molar-refractivity contribution in [3.8, 4) is 0 Å². The van der Waals surface area contributed by atoms with E-state index in [-0.39, 0.29) is 0 Å². The molecule has 2 aliphatic carbocycles. The molecule has 0 saturated heterocycles. The van der Waals surface area contributed by atoms with Gasteiger partial charge in [-0.05, 0) is 0 Å². The maximum atomic E-state index is 2.77. The second-order valence-corrected chi connectivity index (χ2v) is 53.6. The maximum absolute atomic E-state index is 3.99. The second kappa shape index (κ2) is 7.01. The molecule has 1 unspecified atom stereocenters. The fourth-order valence-electron chi connectivity index (χ4n) is 6.85. The second-order valence-electron chi connectivity index (χ2n) is 9.25. The molecule has 0 aromatic heterocycles. The van der Waals surface area contributed by atoms with E-state index < -0.39 is 24.2 Å². The molecule has 2 aliphatic rings. The Kier molecular flexibility index (Phi) is 5.06. The molecule has 0 radical (unpaired) electrons. The molecule has 0 heterocycles. The van der Waals surface area contributed by atoms with Gasteiger partial charge in [0.2, 0.25) is 0 Å². The average molecular weight is 556 g/mol. The summed E-state index contributed by atoms with van der Waals surface area (Å²) < 4.78 is 7.83. The van der Waals surface area contributed by atoms with Crippen LogP contribution in [0.5, 0.6) is 0 Å². The quantitative estimate of drug-likeness (QED) is 0.480. The van der Waals surface area contributed by atoms with Gasteiger partial charge in [0.15, 0.2) is 0 Å². The molecule has 0 spiro atoms. The van der Waals surface area contributed by atoms with E-state index in [1.54, 1.807) is 8.89 Å². The molecule has 0 bridgehead atoms. The van der Waals surface area contributed by atoms with Crippen LogP contribution < -0.4 is 0 Å². The molecular formula is C24H33HfN2Si. The van der Waals surface area contributed by atoms with Gasteiger partial charge < -0.3 is 0 Å². The van der Waals surface area contributed by atoms with Gasteiger partial charge in [-0.1, -0.05) is 0 Å². The summed E-state index contributed by atoms with van der Waals surface area (Å²) in [5.74, 6) is -1.12. The van der Waals surface area contributed by atoms with Gasteiger partial charge in [-0.15, -0.1) is 0 Å². The van der Waals surface area contributed by atoms with Crippen LogP contribution in [0.3, 0.4) is 0 Å². The van der Waals surface area contributed by atoms with Gasteiger partial charge >= 0.3 is 174 Å². The monoisotopic (exact) mass is 557 g/mol. The summed E-state index contributed by atoms with van der Waals surface area (Å²) in [6.45, 7) is 5.24. The summed E-state index contributed by atoms with van der Waals surface area (Å²) in [7, 11) is 9.56. The Morgan fingerprint density at radius 3 is 2.07 bits per heavy atom. The van der Waals surface area contributed by atoms with E-state index in [1.807, 2.05) is 0 Å². The fraction of sp³-hybridized carbons (Fsp3) is 0.333. The number of hydrogen-bond acceptors (Lipinski definition) is 2. The van der Waals surface area contributed by atoms with Crippen molar-refractivity contribution in [2.75, 3.05) is 28.2 Å². The van der Waals surface area contributed by atoms with Crippen molar-refractivity contribution in [1.82, 2.24) is 5.78 Å². The van der Waals surface area contributed by atoms with Crippen LogP contribution in [0.15, 0.2) is 57.9 Å². The molecule has 4 heteroatoms. The van der Waals surface area contributed by atoms with Crippen LogP contribution in [0, 0.1) is 0 Å². The van der Waals surface area contributed by atoms with Crippen LogP contribution in [0.1, 0.15) is 25.9 Å². The van der Waals surface area contributed by atoms with Gasteiger partial charge in [0.25, 0.3) is 0 Å². The first kappa shape index (κ1) is 20.2. The fourth-order valence-corrected chi connectivity index (χ4v) is 73.2. The molecule has 4 rings (SSSR count). The topological polar surface area (TPSA) is 6.48 Å². The number of rotatable bonds is 5. The summed E-state index contributed by atoms with van der Waals surface area (Å²) in [6.07, 6.45) is 8.67. The minimum atomic E-state index is -3.99. The summed E-state index contributed by atoms with van der Waals surface area (Å²) >= 11 is -3.99. The Balaban J connectivity index is 2.05. The van der Waals surface area contributed by atoms with E-state index in [0.717, 1.165) is 6.42 Å². The number of hydrogen-bond donors (Lipinski definition) is 0. The van der Waals surface area contributed by atoms with Crippen molar-refractivity contribution < 1.29 is 18.2 Å². The molecule has 2 aromatic rings. The van der Waals surface area contributed by atoms with Crippen molar-refractivity contribution in [1.29, 1.82) is 0 Å². The number of allylic oxidation sites excluding steroid dienone is 2. The van der Waals surface area contributed by atoms with Crippen molar-refractivity contribution in [2.24, 2.45) is 0 Å². The Bertz CT molecular complexity index is 950. The number of nitrogens with zero attached hydrogens (tertiary/aromatic N) is 2. The van der Waals surface area contributed by atoms with Gasteiger partial charge in [-0.3, -0.25) is 0 Å². The van der Waals surface area contributed by atoms with E-state index in [4.69, 9.17) is 0 Å². The molecule has 0 aliphatic heterocycles. The Morgan fingerprint density at radius 2 is 1.46 bits per heavy atom. The normalized spacial score (nSPS) is 19.7. The van der Waals surface area contributed by atoms with Crippen LogP contribution in [-0.4, -0.2) is 39.9 Å². The zero-order chi connectivity index (χ0) is 20.1. The Labute approximate surface area is 173 Å². The van der Waals surface area contributed by atoms with E-state index in [2.05, 4.69) is 114 Å². The van der Waals surface area contributed by atoms with Crippen LogP contribution in [0.4, 0.5) is 0 Å². The van der Waals surface area contributed by atoms with Crippen molar-refractivity contribution in [2.45, 2.75) is 23.2 Å². The molecule has 147 valence electrons. The standard InChI is InChI=1S/2C9H7.2C2H6N.C2H7Si.Hf/c2*1-2-5-9-7-3-6-8(9)4-1;3*1-3-2;/h1-2,4-6H,7H2;1-7H;2*1-2H3;3H,1-2H3;/q;;2*-1;;+2. The van der Waals surface area contributed by atoms with Crippen LogP contribution >= 0.6 is 0 Å². The first-order valence-corrected chi connectivity index (χ1v) is 26.6. The average Bonchev–Trinajstić information content (AvgIpc) is 3.27. The molecule has 1 atom stereocenters.